The van der Waals surface area contributed by atoms with Crippen LogP contribution in [0.3, 0.4) is 0 Å². The third-order valence-electron chi connectivity index (χ3n) is 4.58. The van der Waals surface area contributed by atoms with Crippen molar-refractivity contribution in [1.82, 2.24) is 0 Å². The van der Waals surface area contributed by atoms with Gasteiger partial charge in [0.1, 0.15) is 6.54 Å². The number of halogens is 2. The predicted molar refractivity (Wildman–Crippen MR) is 132 cm³/mol. The molecule has 0 aromatic heterocycles. The second kappa shape index (κ2) is 10.2. The van der Waals surface area contributed by atoms with E-state index in [9.17, 15) is 18.0 Å². The zero-order valence-corrected chi connectivity index (χ0v) is 20.1. The van der Waals surface area contributed by atoms with Crippen LogP contribution in [0.1, 0.15) is 12.5 Å². The van der Waals surface area contributed by atoms with Gasteiger partial charge < -0.3 is 10.6 Å². The highest BCUT2D eigenvalue weighted by Crippen LogP contribution is 2.30. The Morgan fingerprint density at radius 3 is 1.97 bits per heavy atom. The van der Waals surface area contributed by atoms with Crippen LogP contribution >= 0.6 is 23.2 Å². The topological polar surface area (TPSA) is 95.6 Å². The van der Waals surface area contributed by atoms with Gasteiger partial charge in [-0.05, 0) is 61.5 Å². The maximum Gasteiger partial charge on any atom is 0.264 e. The Balaban J connectivity index is 1.89. The molecule has 0 saturated heterocycles. The first-order valence-electron chi connectivity index (χ1n) is 9.78. The number of hydrogen-bond acceptors (Lipinski definition) is 4. The summed E-state index contributed by atoms with van der Waals surface area (Å²) in [6.07, 6.45) is 0. The maximum absolute atomic E-state index is 13.4. The molecule has 3 aromatic carbocycles. The van der Waals surface area contributed by atoms with Gasteiger partial charge in [-0.3, -0.25) is 13.9 Å². The molecule has 0 aliphatic carbocycles. The maximum atomic E-state index is 13.4. The van der Waals surface area contributed by atoms with Crippen LogP contribution < -0.4 is 14.9 Å². The Kier molecular flexibility index (Phi) is 7.63. The van der Waals surface area contributed by atoms with Crippen molar-refractivity contribution in [3.8, 4) is 0 Å². The van der Waals surface area contributed by atoms with E-state index in [1.54, 1.807) is 36.4 Å². The second-order valence-electron chi connectivity index (χ2n) is 7.23. The zero-order chi connectivity index (χ0) is 24.2. The van der Waals surface area contributed by atoms with Crippen molar-refractivity contribution in [1.29, 1.82) is 0 Å². The van der Waals surface area contributed by atoms with Gasteiger partial charge in [0.2, 0.25) is 11.8 Å². The molecule has 0 saturated carbocycles. The number of rotatable bonds is 7. The first-order chi connectivity index (χ1) is 15.6. The molecule has 0 heterocycles. The van der Waals surface area contributed by atoms with Crippen LogP contribution in [-0.4, -0.2) is 26.8 Å². The molecule has 2 amide bonds. The predicted octanol–water partition coefficient (Wildman–Crippen LogP) is 5.09. The summed E-state index contributed by atoms with van der Waals surface area (Å²) in [7, 11) is -4.08. The van der Waals surface area contributed by atoms with Crippen molar-refractivity contribution in [2.45, 2.75) is 18.7 Å². The number of amides is 2. The molecule has 0 bridgehead atoms. The monoisotopic (exact) mass is 505 g/mol. The quantitative estimate of drug-likeness (QED) is 0.467. The molecule has 0 radical (unpaired) electrons. The number of hydrogen-bond donors (Lipinski definition) is 2. The fraction of sp³-hybridized carbons (Fsp3) is 0.130. The van der Waals surface area contributed by atoms with E-state index in [0.29, 0.717) is 11.4 Å². The van der Waals surface area contributed by atoms with Gasteiger partial charge in [0.25, 0.3) is 10.0 Å². The molecule has 2 N–H and O–H groups in total. The average Bonchev–Trinajstić information content (AvgIpc) is 2.75. The highest BCUT2D eigenvalue weighted by molar-refractivity contribution is 7.92. The molecule has 0 atom stereocenters. The van der Waals surface area contributed by atoms with Crippen molar-refractivity contribution in [3.05, 3.63) is 82.3 Å². The van der Waals surface area contributed by atoms with E-state index in [0.717, 1.165) is 9.87 Å². The van der Waals surface area contributed by atoms with Crippen molar-refractivity contribution >= 4 is 62.1 Å². The molecule has 0 fully saturated rings. The summed E-state index contributed by atoms with van der Waals surface area (Å²) in [6.45, 7) is 2.74. The van der Waals surface area contributed by atoms with Crippen LogP contribution in [0.2, 0.25) is 10.0 Å². The number of anilines is 3. The summed E-state index contributed by atoms with van der Waals surface area (Å²) in [5.41, 5.74) is 2.10. The zero-order valence-electron chi connectivity index (χ0n) is 17.8. The van der Waals surface area contributed by atoms with Gasteiger partial charge >= 0.3 is 0 Å². The van der Waals surface area contributed by atoms with E-state index >= 15 is 0 Å². The molecule has 0 aliphatic rings. The van der Waals surface area contributed by atoms with Crippen LogP contribution in [0.4, 0.5) is 17.1 Å². The number of sulfonamides is 1. The van der Waals surface area contributed by atoms with Crippen LogP contribution in [0.25, 0.3) is 0 Å². The van der Waals surface area contributed by atoms with Crippen LogP contribution in [0.15, 0.2) is 71.6 Å². The Morgan fingerprint density at radius 2 is 1.42 bits per heavy atom. The van der Waals surface area contributed by atoms with E-state index in [-0.39, 0.29) is 26.5 Å². The van der Waals surface area contributed by atoms with Gasteiger partial charge in [-0.2, -0.15) is 0 Å². The fourth-order valence-corrected chi connectivity index (χ4v) is 4.67. The first-order valence-corrected chi connectivity index (χ1v) is 12.0. The molecule has 3 rings (SSSR count). The SMILES string of the molecule is CC(=O)Nc1ccc(NC(=O)CN(c2ccc(Cl)c(Cl)c2)S(=O)(=O)c2ccc(C)cc2)cc1. The highest BCUT2D eigenvalue weighted by atomic mass is 35.5. The molecule has 0 unspecified atom stereocenters. The molecular formula is C23H21Cl2N3O4S. The molecule has 0 aliphatic heterocycles. The van der Waals surface area contributed by atoms with E-state index in [1.165, 1.54) is 37.3 Å². The minimum Gasteiger partial charge on any atom is -0.326 e. The van der Waals surface area contributed by atoms with Crippen LogP contribution in [0.5, 0.6) is 0 Å². The summed E-state index contributed by atoms with van der Waals surface area (Å²) < 4.78 is 27.8. The van der Waals surface area contributed by atoms with E-state index in [1.807, 2.05) is 6.92 Å². The van der Waals surface area contributed by atoms with Crippen molar-refractivity contribution in [3.63, 3.8) is 0 Å². The number of nitrogens with one attached hydrogen (secondary N) is 2. The molecule has 3 aromatic rings. The number of aryl methyl sites for hydroxylation is 1. The first kappa shape index (κ1) is 24.6. The van der Waals surface area contributed by atoms with Gasteiger partial charge in [0, 0.05) is 18.3 Å². The lowest BCUT2D eigenvalue weighted by molar-refractivity contribution is -0.115. The Labute approximate surface area is 202 Å². The number of benzene rings is 3. The van der Waals surface area contributed by atoms with Crippen molar-refractivity contribution < 1.29 is 18.0 Å². The lowest BCUT2D eigenvalue weighted by Gasteiger charge is -2.24. The van der Waals surface area contributed by atoms with E-state index in [4.69, 9.17) is 23.2 Å². The molecule has 172 valence electrons. The van der Waals surface area contributed by atoms with Gasteiger partial charge in [0.05, 0.1) is 20.6 Å². The Bertz CT molecular complexity index is 1280. The van der Waals surface area contributed by atoms with Crippen LogP contribution in [-0.2, 0) is 19.6 Å². The molecule has 10 heteroatoms. The Morgan fingerprint density at radius 1 is 0.848 bits per heavy atom. The van der Waals surface area contributed by atoms with Gasteiger partial charge in [-0.25, -0.2) is 8.42 Å². The lowest BCUT2D eigenvalue weighted by Crippen LogP contribution is -2.38. The summed E-state index contributed by atoms with van der Waals surface area (Å²) in [6, 6.07) is 17.1. The van der Waals surface area contributed by atoms with E-state index < -0.39 is 22.5 Å². The third-order valence-corrected chi connectivity index (χ3v) is 7.10. The van der Waals surface area contributed by atoms with Gasteiger partial charge in [0.15, 0.2) is 0 Å². The minimum absolute atomic E-state index is 0.0339. The van der Waals surface area contributed by atoms with Crippen molar-refractivity contribution in [2.75, 3.05) is 21.5 Å². The normalized spacial score (nSPS) is 11.0. The second-order valence-corrected chi connectivity index (χ2v) is 9.91. The van der Waals surface area contributed by atoms with Crippen LogP contribution in [0, 0.1) is 6.92 Å². The molecule has 33 heavy (non-hydrogen) atoms. The van der Waals surface area contributed by atoms with Gasteiger partial charge in [-0.15, -0.1) is 0 Å². The molecule has 0 spiro atoms. The van der Waals surface area contributed by atoms with Gasteiger partial charge in [-0.1, -0.05) is 40.9 Å². The average molecular weight is 506 g/mol. The smallest absolute Gasteiger partial charge is 0.264 e. The molecule has 7 nitrogen and oxygen atoms in total. The van der Waals surface area contributed by atoms with Crippen molar-refractivity contribution in [2.24, 2.45) is 0 Å². The summed E-state index contributed by atoms with van der Waals surface area (Å²) in [4.78, 5) is 24.0. The standard InChI is InChI=1S/C23H21Cl2N3O4S/c1-15-3-10-20(11-4-15)33(31,32)28(19-9-12-21(24)22(25)13-19)14-23(30)27-18-7-5-17(6-8-18)26-16(2)29/h3-13H,14H2,1-2H3,(H,26,29)(H,27,30). The number of carbonyl (C=O) groups excluding carboxylic acids is 2. The number of carbonyl (C=O) groups is 2. The minimum atomic E-state index is -4.08. The fourth-order valence-electron chi connectivity index (χ4n) is 2.96. The van der Waals surface area contributed by atoms with E-state index in [2.05, 4.69) is 10.6 Å². The summed E-state index contributed by atoms with van der Waals surface area (Å²) >= 11 is 12.1. The summed E-state index contributed by atoms with van der Waals surface area (Å²) in [5, 5.41) is 5.71. The largest absolute Gasteiger partial charge is 0.326 e. The molecular weight excluding hydrogens is 485 g/mol. The lowest BCUT2D eigenvalue weighted by atomic mass is 10.2. The Hall–Kier alpha value is -3.07. The highest BCUT2D eigenvalue weighted by Gasteiger charge is 2.27. The third kappa shape index (κ3) is 6.25. The number of nitrogens with zero attached hydrogens (tertiary/aromatic N) is 1. The summed E-state index contributed by atoms with van der Waals surface area (Å²) in [5.74, 6) is -0.783.